The number of amides is 2. The van der Waals surface area contributed by atoms with Crippen LogP contribution in [0.5, 0.6) is 0 Å². The Hall–Kier alpha value is -1.63. The molecule has 2 aliphatic carbocycles. The smallest absolute Gasteiger partial charge is 0.317 e. The first-order valence-corrected chi connectivity index (χ1v) is 8.12. The van der Waals surface area contributed by atoms with E-state index in [0.717, 1.165) is 25.0 Å². The number of rotatable bonds is 4. The Morgan fingerprint density at radius 3 is 2.90 bits per heavy atom. The summed E-state index contributed by atoms with van der Waals surface area (Å²) in [4.78, 5) is 29.4. The first kappa shape index (κ1) is 14.3. The van der Waals surface area contributed by atoms with Gasteiger partial charge in [-0.1, -0.05) is 0 Å². The van der Waals surface area contributed by atoms with Gasteiger partial charge in [-0.2, -0.15) is 0 Å². The summed E-state index contributed by atoms with van der Waals surface area (Å²) in [7, 11) is 1.71. The zero-order chi connectivity index (χ0) is 15.0. The highest BCUT2D eigenvalue weighted by Gasteiger charge is 2.51. The summed E-state index contributed by atoms with van der Waals surface area (Å²) in [6, 6.07) is -0.446. The van der Waals surface area contributed by atoms with Gasteiger partial charge in [-0.15, -0.1) is 11.3 Å². The molecular weight excluding hydrogens is 290 g/mol. The van der Waals surface area contributed by atoms with Crippen LogP contribution in [0.1, 0.15) is 25.0 Å². The molecule has 0 radical (unpaired) electrons. The average Bonchev–Trinajstić information content (AvgIpc) is 3.14. The number of fused-ring (bicyclic) bond motifs is 2. The number of hydrogen-bond donors (Lipinski definition) is 2. The monoisotopic (exact) mass is 309 g/mol. The largest absolute Gasteiger partial charge is 0.481 e. The van der Waals surface area contributed by atoms with Crippen LogP contribution in [0.4, 0.5) is 4.79 Å². The van der Waals surface area contributed by atoms with Crippen molar-refractivity contribution in [2.45, 2.75) is 31.8 Å². The highest BCUT2D eigenvalue weighted by molar-refractivity contribution is 7.07. The standard InChI is InChI=1S/C14H19N3O3S/c1-17(5-10-6-21-7-15-10)14(20)16-12-9-3-2-8(4-9)11(12)13(18)19/h6-9,11-12H,2-5H2,1H3,(H,16,20)(H,18,19). The third kappa shape index (κ3) is 2.74. The minimum absolute atomic E-state index is 0.216. The molecule has 7 heteroatoms. The minimum atomic E-state index is -0.783. The van der Waals surface area contributed by atoms with Crippen molar-refractivity contribution in [1.82, 2.24) is 15.2 Å². The second-order valence-electron chi connectivity index (χ2n) is 6.01. The van der Waals surface area contributed by atoms with Crippen LogP contribution in [-0.2, 0) is 11.3 Å². The zero-order valence-corrected chi connectivity index (χ0v) is 12.7. The van der Waals surface area contributed by atoms with Gasteiger partial charge < -0.3 is 15.3 Å². The third-order valence-electron chi connectivity index (χ3n) is 4.72. The average molecular weight is 309 g/mol. The summed E-state index contributed by atoms with van der Waals surface area (Å²) in [6.07, 6.45) is 2.93. The van der Waals surface area contributed by atoms with E-state index in [1.54, 1.807) is 17.5 Å². The highest BCUT2D eigenvalue weighted by atomic mass is 32.1. The molecule has 2 N–H and O–H groups in total. The van der Waals surface area contributed by atoms with E-state index in [0.29, 0.717) is 12.5 Å². The molecule has 1 aromatic heterocycles. The van der Waals surface area contributed by atoms with Crippen molar-refractivity contribution in [1.29, 1.82) is 0 Å². The molecule has 0 spiro atoms. The Morgan fingerprint density at radius 1 is 1.48 bits per heavy atom. The lowest BCUT2D eigenvalue weighted by Gasteiger charge is -2.30. The van der Waals surface area contributed by atoms with E-state index >= 15 is 0 Å². The molecule has 0 saturated heterocycles. The molecule has 114 valence electrons. The minimum Gasteiger partial charge on any atom is -0.481 e. The molecule has 2 bridgehead atoms. The van der Waals surface area contributed by atoms with Crippen molar-refractivity contribution in [2.24, 2.45) is 17.8 Å². The second kappa shape index (κ2) is 5.63. The summed E-state index contributed by atoms with van der Waals surface area (Å²) in [5, 5.41) is 14.2. The van der Waals surface area contributed by atoms with Crippen LogP contribution in [0.25, 0.3) is 0 Å². The van der Waals surface area contributed by atoms with E-state index in [1.165, 1.54) is 11.3 Å². The maximum atomic E-state index is 12.3. The summed E-state index contributed by atoms with van der Waals surface area (Å²) in [5.74, 6) is -0.676. The quantitative estimate of drug-likeness (QED) is 0.888. The normalized spacial score (nSPS) is 30.3. The summed E-state index contributed by atoms with van der Waals surface area (Å²) in [6.45, 7) is 0.438. The molecule has 6 nitrogen and oxygen atoms in total. The van der Waals surface area contributed by atoms with Gasteiger partial charge in [0.25, 0.3) is 0 Å². The van der Waals surface area contributed by atoms with Gasteiger partial charge in [-0.3, -0.25) is 4.79 Å². The number of thiazole rings is 1. The van der Waals surface area contributed by atoms with Gasteiger partial charge >= 0.3 is 12.0 Å². The number of aliphatic carboxylic acids is 1. The van der Waals surface area contributed by atoms with E-state index in [9.17, 15) is 14.7 Å². The molecular formula is C14H19N3O3S. The van der Waals surface area contributed by atoms with Crippen molar-refractivity contribution >= 4 is 23.3 Å². The number of nitrogens with zero attached hydrogens (tertiary/aromatic N) is 2. The van der Waals surface area contributed by atoms with Crippen molar-refractivity contribution in [2.75, 3.05) is 7.05 Å². The van der Waals surface area contributed by atoms with E-state index in [-0.39, 0.29) is 18.0 Å². The van der Waals surface area contributed by atoms with Gasteiger partial charge in [0, 0.05) is 18.5 Å². The predicted octanol–water partition coefficient (Wildman–Crippen LogP) is 1.78. The van der Waals surface area contributed by atoms with Gasteiger partial charge in [-0.05, 0) is 31.1 Å². The fourth-order valence-corrected chi connectivity index (χ4v) is 4.29. The Balaban J connectivity index is 1.62. The lowest BCUT2D eigenvalue weighted by Crippen LogP contribution is -2.50. The molecule has 0 aromatic carbocycles. The molecule has 4 unspecified atom stereocenters. The number of carboxylic acid groups (broad SMARTS) is 1. The fourth-order valence-electron chi connectivity index (χ4n) is 3.74. The number of carbonyl (C=O) groups is 2. The molecule has 1 aromatic rings. The lowest BCUT2D eigenvalue weighted by atomic mass is 9.84. The number of aromatic nitrogens is 1. The van der Waals surface area contributed by atoms with Gasteiger partial charge in [0.2, 0.25) is 0 Å². The predicted molar refractivity (Wildman–Crippen MR) is 77.9 cm³/mol. The number of carbonyl (C=O) groups excluding carboxylic acids is 1. The molecule has 2 fully saturated rings. The molecule has 2 aliphatic rings. The van der Waals surface area contributed by atoms with Crippen LogP contribution < -0.4 is 5.32 Å². The van der Waals surface area contributed by atoms with Crippen molar-refractivity contribution in [3.05, 3.63) is 16.6 Å². The van der Waals surface area contributed by atoms with E-state index in [1.807, 2.05) is 5.38 Å². The van der Waals surface area contributed by atoms with Gasteiger partial charge in [0.05, 0.1) is 23.7 Å². The van der Waals surface area contributed by atoms with Crippen LogP contribution in [0.15, 0.2) is 10.9 Å². The first-order valence-electron chi connectivity index (χ1n) is 7.17. The van der Waals surface area contributed by atoms with E-state index in [2.05, 4.69) is 10.3 Å². The van der Waals surface area contributed by atoms with Crippen LogP contribution in [0.3, 0.4) is 0 Å². The van der Waals surface area contributed by atoms with E-state index < -0.39 is 11.9 Å². The molecule has 21 heavy (non-hydrogen) atoms. The SMILES string of the molecule is CN(Cc1cscn1)C(=O)NC1C2CCC(C2)C1C(=O)O. The number of nitrogens with one attached hydrogen (secondary N) is 1. The van der Waals surface area contributed by atoms with Gasteiger partial charge in [0.15, 0.2) is 0 Å². The summed E-state index contributed by atoms with van der Waals surface area (Å²) >= 11 is 1.49. The maximum absolute atomic E-state index is 12.3. The Kier molecular flexibility index (Phi) is 3.84. The summed E-state index contributed by atoms with van der Waals surface area (Å²) in [5.41, 5.74) is 2.58. The van der Waals surface area contributed by atoms with Crippen LogP contribution in [-0.4, -0.2) is 40.1 Å². The van der Waals surface area contributed by atoms with Crippen molar-refractivity contribution in [3.63, 3.8) is 0 Å². The maximum Gasteiger partial charge on any atom is 0.317 e. The lowest BCUT2D eigenvalue weighted by molar-refractivity contribution is -0.144. The highest BCUT2D eigenvalue weighted by Crippen LogP contribution is 2.48. The fraction of sp³-hybridized carbons (Fsp3) is 0.643. The number of carboxylic acids is 1. The van der Waals surface area contributed by atoms with Gasteiger partial charge in [-0.25, -0.2) is 9.78 Å². The topological polar surface area (TPSA) is 82.5 Å². The molecule has 2 saturated carbocycles. The first-order chi connectivity index (χ1) is 10.1. The molecule has 4 atom stereocenters. The molecule has 2 amide bonds. The van der Waals surface area contributed by atoms with E-state index in [4.69, 9.17) is 0 Å². The van der Waals surface area contributed by atoms with Crippen LogP contribution in [0, 0.1) is 17.8 Å². The molecule has 0 aliphatic heterocycles. The second-order valence-corrected chi connectivity index (χ2v) is 6.73. The molecule has 1 heterocycles. The third-order valence-corrected chi connectivity index (χ3v) is 5.36. The Labute approximate surface area is 127 Å². The van der Waals surface area contributed by atoms with Gasteiger partial charge in [0.1, 0.15) is 0 Å². The van der Waals surface area contributed by atoms with Crippen LogP contribution in [0.2, 0.25) is 0 Å². The Morgan fingerprint density at radius 2 is 2.24 bits per heavy atom. The van der Waals surface area contributed by atoms with Crippen molar-refractivity contribution in [3.8, 4) is 0 Å². The zero-order valence-electron chi connectivity index (χ0n) is 11.9. The Bertz CT molecular complexity index is 534. The molecule has 3 rings (SSSR count). The van der Waals surface area contributed by atoms with Crippen LogP contribution >= 0.6 is 11.3 Å². The number of urea groups is 1. The number of hydrogen-bond acceptors (Lipinski definition) is 4. The summed E-state index contributed by atoms with van der Waals surface area (Å²) < 4.78 is 0. The van der Waals surface area contributed by atoms with Crippen molar-refractivity contribution < 1.29 is 14.7 Å².